The fourth-order valence-electron chi connectivity index (χ4n) is 2.65. The van der Waals surface area contributed by atoms with Gasteiger partial charge in [-0.2, -0.15) is 4.31 Å². The van der Waals surface area contributed by atoms with Gasteiger partial charge in [0.15, 0.2) is 11.6 Å². The molecule has 0 aromatic heterocycles. The Morgan fingerprint density at radius 3 is 2.21 bits per heavy atom. The molecule has 0 bridgehead atoms. The van der Waals surface area contributed by atoms with E-state index < -0.39 is 25.9 Å². The predicted octanol–water partition coefficient (Wildman–Crippen LogP) is 1.66. The van der Waals surface area contributed by atoms with Crippen molar-refractivity contribution in [2.24, 2.45) is 0 Å². The lowest BCUT2D eigenvalue weighted by atomic mass is 10.3. The fraction of sp³-hybridized carbons (Fsp3) is 0.294. The van der Waals surface area contributed by atoms with Crippen LogP contribution < -0.4 is 9.46 Å². The molecule has 0 saturated carbocycles. The summed E-state index contributed by atoms with van der Waals surface area (Å²) >= 11 is 0. The summed E-state index contributed by atoms with van der Waals surface area (Å²) in [4.78, 5) is -0.128. The molecule has 1 fully saturated rings. The summed E-state index contributed by atoms with van der Waals surface area (Å²) in [6.45, 7) is 1.20. The van der Waals surface area contributed by atoms with Crippen molar-refractivity contribution in [1.82, 2.24) is 4.31 Å². The second-order valence-electron chi connectivity index (χ2n) is 5.94. The zero-order valence-electron chi connectivity index (χ0n) is 15.0. The van der Waals surface area contributed by atoms with Crippen molar-refractivity contribution in [1.29, 1.82) is 0 Å². The molecule has 0 unspecified atom stereocenters. The molecule has 1 aliphatic heterocycles. The molecule has 1 N–H and O–H groups in total. The first-order chi connectivity index (χ1) is 13.2. The van der Waals surface area contributed by atoms with E-state index in [1.807, 2.05) is 0 Å². The number of anilines is 1. The van der Waals surface area contributed by atoms with E-state index in [2.05, 4.69) is 4.72 Å². The zero-order valence-corrected chi connectivity index (χ0v) is 16.6. The van der Waals surface area contributed by atoms with E-state index in [1.165, 1.54) is 35.7 Å². The molecule has 28 heavy (non-hydrogen) atoms. The fourth-order valence-corrected chi connectivity index (χ4v) is 5.13. The first kappa shape index (κ1) is 20.5. The Hall–Kier alpha value is -2.21. The summed E-state index contributed by atoms with van der Waals surface area (Å²) < 4.78 is 77.2. The Labute approximate surface area is 163 Å². The molecule has 2 aromatic rings. The molecule has 0 radical (unpaired) electrons. The minimum Gasteiger partial charge on any atom is -0.494 e. The highest BCUT2D eigenvalue weighted by atomic mass is 32.2. The molecular weight excluding hydrogens is 411 g/mol. The third-order valence-electron chi connectivity index (χ3n) is 4.15. The van der Waals surface area contributed by atoms with Gasteiger partial charge in [0.05, 0.1) is 30.1 Å². The van der Waals surface area contributed by atoms with Crippen LogP contribution in [0.25, 0.3) is 0 Å². The standard InChI is InChI=1S/C17H19FN2O6S2/c1-25-17-12-15(6-7-16(17)18)27(21,22)19-13-2-4-14(5-3-13)28(23,24)20-8-10-26-11-9-20/h2-7,12,19H,8-11H2,1H3. The van der Waals surface area contributed by atoms with Crippen LogP contribution in [0, 0.1) is 5.82 Å². The van der Waals surface area contributed by atoms with Gasteiger partial charge in [0.1, 0.15) is 0 Å². The number of ether oxygens (including phenoxy) is 2. The van der Waals surface area contributed by atoms with Crippen LogP contribution in [-0.4, -0.2) is 54.6 Å². The number of sulfonamides is 2. The topological polar surface area (TPSA) is 102 Å². The highest BCUT2D eigenvalue weighted by Crippen LogP contribution is 2.24. The predicted molar refractivity (Wildman–Crippen MR) is 99.8 cm³/mol. The molecular formula is C17H19FN2O6S2. The van der Waals surface area contributed by atoms with Crippen LogP contribution in [-0.2, 0) is 24.8 Å². The largest absolute Gasteiger partial charge is 0.494 e. The molecule has 0 spiro atoms. The third-order valence-corrected chi connectivity index (χ3v) is 7.44. The second-order valence-corrected chi connectivity index (χ2v) is 9.56. The first-order valence-electron chi connectivity index (χ1n) is 8.28. The monoisotopic (exact) mass is 430 g/mol. The van der Waals surface area contributed by atoms with Crippen molar-refractivity contribution >= 4 is 25.7 Å². The molecule has 0 aliphatic carbocycles. The lowest BCUT2D eigenvalue weighted by Gasteiger charge is -2.26. The maximum atomic E-state index is 13.5. The SMILES string of the molecule is COc1cc(S(=O)(=O)Nc2ccc(S(=O)(=O)N3CCOCC3)cc2)ccc1F. The van der Waals surface area contributed by atoms with E-state index in [0.29, 0.717) is 13.2 Å². The van der Waals surface area contributed by atoms with Gasteiger partial charge in [-0.25, -0.2) is 21.2 Å². The van der Waals surface area contributed by atoms with Crippen molar-refractivity contribution in [2.75, 3.05) is 38.1 Å². The first-order valence-corrected chi connectivity index (χ1v) is 11.2. The number of nitrogens with zero attached hydrogens (tertiary/aromatic N) is 1. The van der Waals surface area contributed by atoms with Crippen molar-refractivity contribution in [3.63, 3.8) is 0 Å². The number of rotatable bonds is 6. The minimum absolute atomic E-state index is 0.0563. The maximum absolute atomic E-state index is 13.5. The smallest absolute Gasteiger partial charge is 0.262 e. The van der Waals surface area contributed by atoms with Gasteiger partial charge in [0.25, 0.3) is 10.0 Å². The van der Waals surface area contributed by atoms with E-state index in [4.69, 9.17) is 9.47 Å². The highest BCUT2D eigenvalue weighted by Gasteiger charge is 2.26. The lowest BCUT2D eigenvalue weighted by Crippen LogP contribution is -2.40. The molecule has 2 aromatic carbocycles. The van der Waals surface area contributed by atoms with Gasteiger partial charge in [0.2, 0.25) is 10.0 Å². The van der Waals surface area contributed by atoms with Crippen LogP contribution >= 0.6 is 0 Å². The Morgan fingerprint density at radius 2 is 1.61 bits per heavy atom. The van der Waals surface area contributed by atoms with Crippen molar-refractivity contribution in [2.45, 2.75) is 9.79 Å². The van der Waals surface area contributed by atoms with Crippen LogP contribution in [0.5, 0.6) is 5.75 Å². The van der Waals surface area contributed by atoms with Gasteiger partial charge < -0.3 is 9.47 Å². The third kappa shape index (κ3) is 4.27. The Balaban J connectivity index is 1.80. The van der Waals surface area contributed by atoms with E-state index >= 15 is 0 Å². The number of hydrogen-bond acceptors (Lipinski definition) is 6. The molecule has 8 nitrogen and oxygen atoms in total. The summed E-state index contributed by atoms with van der Waals surface area (Å²) in [5.74, 6) is -0.881. The molecule has 11 heteroatoms. The van der Waals surface area contributed by atoms with E-state index in [9.17, 15) is 21.2 Å². The van der Waals surface area contributed by atoms with Gasteiger partial charge in [-0.3, -0.25) is 4.72 Å². The number of benzene rings is 2. The van der Waals surface area contributed by atoms with Crippen LogP contribution in [0.2, 0.25) is 0 Å². The summed E-state index contributed by atoms with van der Waals surface area (Å²) in [6.07, 6.45) is 0. The maximum Gasteiger partial charge on any atom is 0.262 e. The summed E-state index contributed by atoms with van der Waals surface area (Å²) in [7, 11) is -6.44. The Bertz CT molecular complexity index is 1050. The van der Waals surface area contributed by atoms with Gasteiger partial charge in [-0.15, -0.1) is 0 Å². The molecule has 1 aliphatic rings. The quantitative estimate of drug-likeness (QED) is 0.748. The molecule has 0 amide bonds. The zero-order chi connectivity index (χ0) is 20.4. The van der Waals surface area contributed by atoms with Crippen molar-refractivity contribution in [3.8, 4) is 5.75 Å². The molecule has 1 saturated heterocycles. The average Bonchev–Trinajstić information content (AvgIpc) is 2.69. The molecule has 1 heterocycles. The normalized spacial score (nSPS) is 15.9. The minimum atomic E-state index is -4.00. The van der Waals surface area contributed by atoms with Gasteiger partial charge in [-0.05, 0) is 36.4 Å². The van der Waals surface area contributed by atoms with Crippen LogP contribution in [0.15, 0.2) is 52.3 Å². The van der Waals surface area contributed by atoms with E-state index in [0.717, 1.165) is 18.2 Å². The molecule has 152 valence electrons. The number of morpholine rings is 1. The molecule has 3 rings (SSSR count). The number of methoxy groups -OCH3 is 1. The number of halogens is 1. The van der Waals surface area contributed by atoms with E-state index in [-0.39, 0.29) is 34.3 Å². The van der Waals surface area contributed by atoms with Crippen LogP contribution in [0.1, 0.15) is 0 Å². The summed E-state index contributed by atoms with van der Waals surface area (Å²) in [5, 5.41) is 0. The Kier molecular flexibility index (Phi) is 5.89. The highest BCUT2D eigenvalue weighted by molar-refractivity contribution is 7.92. The van der Waals surface area contributed by atoms with Gasteiger partial charge in [0, 0.05) is 24.8 Å². The van der Waals surface area contributed by atoms with Crippen LogP contribution in [0.4, 0.5) is 10.1 Å². The summed E-state index contributed by atoms with van der Waals surface area (Å²) in [5.41, 5.74) is 0.171. The van der Waals surface area contributed by atoms with Gasteiger partial charge in [-0.1, -0.05) is 0 Å². The van der Waals surface area contributed by atoms with Crippen molar-refractivity contribution in [3.05, 3.63) is 48.3 Å². The molecule has 0 atom stereocenters. The Morgan fingerprint density at radius 1 is 1.00 bits per heavy atom. The van der Waals surface area contributed by atoms with Crippen LogP contribution in [0.3, 0.4) is 0 Å². The number of hydrogen-bond donors (Lipinski definition) is 1. The number of nitrogens with one attached hydrogen (secondary N) is 1. The van der Waals surface area contributed by atoms with E-state index in [1.54, 1.807) is 0 Å². The lowest BCUT2D eigenvalue weighted by molar-refractivity contribution is 0.0730. The van der Waals surface area contributed by atoms with Gasteiger partial charge >= 0.3 is 0 Å². The average molecular weight is 430 g/mol. The second kappa shape index (κ2) is 8.03. The van der Waals surface area contributed by atoms with Crippen molar-refractivity contribution < 1.29 is 30.7 Å². The summed E-state index contributed by atoms with van der Waals surface area (Å²) in [6, 6.07) is 8.52.